The van der Waals surface area contributed by atoms with E-state index in [1.165, 1.54) is 42.5 Å². The summed E-state index contributed by atoms with van der Waals surface area (Å²) in [4.78, 5) is 73.2. The van der Waals surface area contributed by atoms with Crippen LogP contribution in [0.2, 0.25) is 0 Å². The highest BCUT2D eigenvalue weighted by Gasteiger charge is 2.24. The Labute approximate surface area is 275 Å². The number of phenolic OH excluding ortho intramolecular Hbond substituents is 1. The highest BCUT2D eigenvalue weighted by molar-refractivity contribution is 6.09. The first kappa shape index (κ1) is 35.1. The highest BCUT2D eigenvalue weighted by atomic mass is 16.4. The molecule has 0 spiro atoms. The van der Waals surface area contributed by atoms with Gasteiger partial charge in [0.25, 0.3) is 5.91 Å². The second-order valence-electron chi connectivity index (χ2n) is 11.9. The molecule has 2 aromatic carbocycles. The number of unbranched alkanes of at least 4 members (excludes halogenated alkanes) is 2. The van der Waals surface area contributed by atoms with Gasteiger partial charge >= 0.3 is 5.97 Å². The molecule has 0 radical (unpaired) electrons. The molecule has 7 N–H and O–H groups in total. The van der Waals surface area contributed by atoms with Gasteiger partial charge in [-0.1, -0.05) is 26.3 Å². The molecule has 2 aromatic rings. The minimum atomic E-state index is -1.26. The molecule has 1 heterocycles. The Morgan fingerprint density at radius 3 is 2.35 bits per heavy atom. The van der Waals surface area contributed by atoms with Crippen LogP contribution in [0.4, 0.5) is 0 Å². The second kappa shape index (κ2) is 15.7. The van der Waals surface area contributed by atoms with E-state index in [4.69, 9.17) is 10.2 Å². The smallest absolute Gasteiger partial charge is 0.336 e. The van der Waals surface area contributed by atoms with Crippen molar-refractivity contribution in [2.45, 2.75) is 52.0 Å². The fraction of sp³-hybridized carbons (Fsp3) is 0.314. The zero-order valence-electron chi connectivity index (χ0n) is 26.6. The Morgan fingerprint density at radius 2 is 1.65 bits per heavy atom. The lowest BCUT2D eigenvalue weighted by Crippen LogP contribution is -2.49. The third kappa shape index (κ3) is 8.96. The van der Waals surface area contributed by atoms with E-state index in [1.54, 1.807) is 12.1 Å². The molecule has 1 atom stereocenters. The van der Waals surface area contributed by atoms with Crippen molar-refractivity contribution in [2.75, 3.05) is 13.1 Å². The molecule has 1 aliphatic carbocycles. The summed E-state index contributed by atoms with van der Waals surface area (Å²) in [5.74, 6) is -2.93. The summed E-state index contributed by atoms with van der Waals surface area (Å²) in [6.07, 6.45) is 2.23. The van der Waals surface area contributed by atoms with Gasteiger partial charge in [-0.05, 0) is 67.1 Å². The maximum absolute atomic E-state index is 13.0. The Bertz CT molecular complexity index is 1880. The Balaban J connectivity index is 1.38. The SMILES string of the molecule is CC(C)C[C@H](NC(=O)CCCCCNC(=O)c1ccc(-c2c3ccc(=O)cc-3oc3cc(O)ccc23)c(C(=O)O)c1)C(=O)NCC(N)=O. The molecule has 0 bridgehead atoms. The van der Waals surface area contributed by atoms with Crippen molar-refractivity contribution >= 4 is 40.6 Å². The zero-order valence-corrected chi connectivity index (χ0v) is 26.6. The third-order valence-corrected chi connectivity index (χ3v) is 7.62. The summed E-state index contributed by atoms with van der Waals surface area (Å²) in [6, 6.07) is 12.1. The summed E-state index contributed by atoms with van der Waals surface area (Å²) in [5.41, 5.74) is 6.29. The lowest BCUT2D eigenvalue weighted by atomic mass is 9.90. The first-order valence-electron chi connectivity index (χ1n) is 15.5. The van der Waals surface area contributed by atoms with E-state index in [9.17, 15) is 39.0 Å². The van der Waals surface area contributed by atoms with Crippen LogP contribution >= 0.6 is 0 Å². The quantitative estimate of drug-likeness (QED) is 0.0813. The number of phenols is 1. The van der Waals surface area contributed by atoms with Crippen LogP contribution in [0, 0.1) is 5.92 Å². The monoisotopic (exact) mass is 658 g/mol. The molecule has 2 aliphatic rings. The summed E-state index contributed by atoms with van der Waals surface area (Å²) in [6.45, 7) is 3.79. The van der Waals surface area contributed by atoms with Gasteiger partial charge in [-0.25, -0.2) is 4.79 Å². The highest BCUT2D eigenvalue weighted by Crippen LogP contribution is 2.42. The molecule has 0 saturated heterocycles. The lowest BCUT2D eigenvalue weighted by molar-refractivity contribution is -0.130. The van der Waals surface area contributed by atoms with Gasteiger partial charge in [0, 0.05) is 47.2 Å². The van der Waals surface area contributed by atoms with E-state index in [0.717, 1.165) is 0 Å². The van der Waals surface area contributed by atoms with Gasteiger partial charge in [0.1, 0.15) is 23.1 Å². The van der Waals surface area contributed by atoms with Crippen molar-refractivity contribution in [1.29, 1.82) is 0 Å². The number of carboxylic acid groups (broad SMARTS) is 1. The molecular weight excluding hydrogens is 620 g/mol. The Morgan fingerprint density at radius 1 is 0.896 bits per heavy atom. The molecule has 252 valence electrons. The number of carbonyl (C=O) groups excluding carboxylic acids is 4. The number of fused-ring (bicyclic) bond motifs is 2. The standard InChI is InChI=1S/C35H38N4O9/c1-19(2)14-27(34(45)38-18-30(36)42)39-31(43)6-4-3-5-13-37-33(44)20-7-10-23(26(15-20)35(46)47)32-24-11-8-21(40)16-28(24)48-29-17-22(41)9-12-25(29)32/h7-12,15-17,19,27,40H,3-6,13-14,18H2,1-2H3,(H2,36,42)(H,37,44)(H,38,45)(H,39,43)(H,46,47)/t27-/m0/s1. The normalized spacial score (nSPS) is 11.7. The number of hydrogen-bond acceptors (Lipinski definition) is 8. The number of nitrogens with one attached hydrogen (secondary N) is 3. The van der Waals surface area contributed by atoms with Crippen molar-refractivity contribution < 1.29 is 38.6 Å². The van der Waals surface area contributed by atoms with Gasteiger partial charge in [-0.2, -0.15) is 0 Å². The molecule has 0 aromatic heterocycles. The molecular formula is C35H38N4O9. The van der Waals surface area contributed by atoms with Gasteiger partial charge in [-0.3, -0.25) is 24.0 Å². The summed E-state index contributed by atoms with van der Waals surface area (Å²) < 4.78 is 5.85. The van der Waals surface area contributed by atoms with Crippen LogP contribution in [0.25, 0.3) is 33.4 Å². The minimum absolute atomic E-state index is 0.0680. The van der Waals surface area contributed by atoms with Crippen LogP contribution in [0.3, 0.4) is 0 Å². The van der Waals surface area contributed by atoms with E-state index in [0.29, 0.717) is 47.8 Å². The first-order chi connectivity index (χ1) is 22.8. The average Bonchev–Trinajstić information content (AvgIpc) is 3.03. The number of carbonyl (C=O) groups is 5. The minimum Gasteiger partial charge on any atom is -0.508 e. The van der Waals surface area contributed by atoms with E-state index < -0.39 is 29.7 Å². The van der Waals surface area contributed by atoms with Crippen LogP contribution in [0.5, 0.6) is 5.75 Å². The molecule has 13 nitrogen and oxygen atoms in total. The molecule has 4 rings (SSSR count). The largest absolute Gasteiger partial charge is 0.508 e. The fourth-order valence-electron chi connectivity index (χ4n) is 5.39. The maximum Gasteiger partial charge on any atom is 0.336 e. The van der Waals surface area contributed by atoms with Gasteiger partial charge in [0.2, 0.25) is 17.7 Å². The van der Waals surface area contributed by atoms with Crippen molar-refractivity contribution in [1.82, 2.24) is 16.0 Å². The van der Waals surface area contributed by atoms with E-state index >= 15 is 0 Å². The number of rotatable bonds is 15. The number of benzene rings is 3. The van der Waals surface area contributed by atoms with Crippen LogP contribution < -0.4 is 27.1 Å². The predicted molar refractivity (Wildman–Crippen MR) is 178 cm³/mol. The molecule has 1 aliphatic heterocycles. The molecule has 4 amide bonds. The molecule has 0 saturated carbocycles. The first-order valence-corrected chi connectivity index (χ1v) is 15.5. The van der Waals surface area contributed by atoms with Gasteiger partial charge in [-0.15, -0.1) is 0 Å². The molecule has 13 heteroatoms. The number of amides is 4. The van der Waals surface area contributed by atoms with Crippen molar-refractivity contribution in [3.63, 3.8) is 0 Å². The van der Waals surface area contributed by atoms with Crippen LogP contribution in [-0.4, -0.2) is 58.9 Å². The topological polar surface area (TPSA) is 218 Å². The fourth-order valence-corrected chi connectivity index (χ4v) is 5.39. The Kier molecular flexibility index (Phi) is 11.5. The number of nitrogens with two attached hydrogens (primary N) is 1. The van der Waals surface area contributed by atoms with Crippen LogP contribution in [0.15, 0.2) is 63.8 Å². The second-order valence-corrected chi connectivity index (χ2v) is 11.9. The number of carboxylic acids is 1. The van der Waals surface area contributed by atoms with E-state index in [2.05, 4.69) is 16.0 Å². The number of primary amides is 1. The molecule has 48 heavy (non-hydrogen) atoms. The van der Waals surface area contributed by atoms with Gasteiger partial charge in [0.15, 0.2) is 5.43 Å². The number of aromatic carboxylic acids is 1. The lowest BCUT2D eigenvalue weighted by Gasteiger charge is -2.20. The van der Waals surface area contributed by atoms with E-state index in [1.807, 2.05) is 13.8 Å². The predicted octanol–water partition coefficient (Wildman–Crippen LogP) is 3.39. The van der Waals surface area contributed by atoms with Crippen molar-refractivity contribution in [3.05, 3.63) is 75.9 Å². The third-order valence-electron chi connectivity index (χ3n) is 7.62. The van der Waals surface area contributed by atoms with Crippen LogP contribution in [0.1, 0.15) is 66.7 Å². The maximum atomic E-state index is 13.0. The van der Waals surface area contributed by atoms with Crippen LogP contribution in [-0.2, 0) is 14.4 Å². The Hall–Kier alpha value is -5.72. The number of hydrogen-bond donors (Lipinski definition) is 6. The zero-order chi connectivity index (χ0) is 35.0. The average molecular weight is 659 g/mol. The van der Waals surface area contributed by atoms with E-state index in [-0.39, 0.29) is 65.0 Å². The van der Waals surface area contributed by atoms with Crippen molar-refractivity contribution in [2.24, 2.45) is 11.7 Å². The summed E-state index contributed by atoms with van der Waals surface area (Å²) >= 11 is 0. The summed E-state index contributed by atoms with van der Waals surface area (Å²) in [7, 11) is 0. The molecule has 0 fully saturated rings. The van der Waals surface area contributed by atoms with Crippen molar-refractivity contribution in [3.8, 4) is 28.2 Å². The number of aromatic hydroxyl groups is 1. The molecule has 0 unspecified atom stereocenters. The van der Waals surface area contributed by atoms with Gasteiger partial charge < -0.3 is 36.3 Å². The van der Waals surface area contributed by atoms with Gasteiger partial charge in [0.05, 0.1) is 12.1 Å². The summed E-state index contributed by atoms with van der Waals surface area (Å²) in [5, 5.41) is 28.6.